The fourth-order valence-corrected chi connectivity index (χ4v) is 3.53. The van der Waals surface area contributed by atoms with Crippen molar-refractivity contribution in [3.05, 3.63) is 83.8 Å². The van der Waals surface area contributed by atoms with Crippen LogP contribution in [0.2, 0.25) is 0 Å². The number of nitrogens with one attached hydrogen (secondary N) is 1. The summed E-state index contributed by atoms with van der Waals surface area (Å²) in [5.41, 5.74) is 8.75. The van der Waals surface area contributed by atoms with E-state index in [0.29, 0.717) is 17.8 Å². The van der Waals surface area contributed by atoms with Crippen LogP contribution in [0, 0.1) is 5.82 Å². The fraction of sp³-hybridized carbons (Fsp3) is 0.0455. The van der Waals surface area contributed by atoms with Crippen molar-refractivity contribution in [3.63, 3.8) is 0 Å². The molecule has 5 rings (SSSR count). The molecule has 0 fully saturated rings. The molecule has 3 heterocycles. The van der Waals surface area contributed by atoms with E-state index < -0.39 is 11.8 Å². The normalized spacial score (nSPS) is 12.9. The molecule has 8 heteroatoms. The number of nitrogens with zero attached hydrogens (tertiary/aromatic N) is 3. The van der Waals surface area contributed by atoms with Crippen molar-refractivity contribution in [3.8, 4) is 11.3 Å². The fourth-order valence-electron chi connectivity index (χ4n) is 3.53. The van der Waals surface area contributed by atoms with Gasteiger partial charge in [-0.2, -0.15) is 0 Å². The monoisotopic (exact) mass is 402 g/mol. The van der Waals surface area contributed by atoms with Gasteiger partial charge in [0.2, 0.25) is 5.82 Å². The maximum atomic E-state index is 14.1. The number of hydrazine groups is 1. The standard InChI is InChI=1S/C22H16FN5O2/c23-17-11-15(4-5-16(17)22(29)30)19-7-8-20-21(25-19)28(27-26-20)12-13-3-6-18-14(10-13)2-1-9-24-18/h1-11,26-27H,12H2,(H,29,30)/p+1. The highest BCUT2D eigenvalue weighted by atomic mass is 19.1. The summed E-state index contributed by atoms with van der Waals surface area (Å²) >= 11 is 0. The van der Waals surface area contributed by atoms with Crippen LogP contribution in [-0.4, -0.2) is 21.0 Å². The van der Waals surface area contributed by atoms with E-state index in [1.54, 1.807) is 18.3 Å². The topological polar surface area (TPSA) is 95.0 Å². The van der Waals surface area contributed by atoms with Crippen LogP contribution in [-0.2, 0) is 6.54 Å². The first-order chi connectivity index (χ1) is 14.6. The van der Waals surface area contributed by atoms with Crippen molar-refractivity contribution in [2.45, 2.75) is 6.54 Å². The van der Waals surface area contributed by atoms with Crippen LogP contribution in [0.5, 0.6) is 0 Å². The van der Waals surface area contributed by atoms with Gasteiger partial charge in [-0.1, -0.05) is 23.7 Å². The summed E-state index contributed by atoms with van der Waals surface area (Å²) in [6.07, 6.45) is 1.77. The number of hydrogen-bond donors (Lipinski definition) is 3. The van der Waals surface area contributed by atoms with E-state index in [2.05, 4.69) is 21.6 Å². The molecule has 4 N–H and O–H groups in total. The zero-order valence-electron chi connectivity index (χ0n) is 15.7. The number of carboxylic acid groups (broad SMARTS) is 1. The summed E-state index contributed by atoms with van der Waals surface area (Å²) in [7, 11) is 0. The lowest BCUT2D eigenvalue weighted by Gasteiger charge is -2.15. The maximum absolute atomic E-state index is 14.1. The summed E-state index contributed by atoms with van der Waals surface area (Å²) < 4.78 is 14.1. The Kier molecular flexibility index (Phi) is 4.35. The van der Waals surface area contributed by atoms with Crippen molar-refractivity contribution in [2.75, 3.05) is 5.01 Å². The van der Waals surface area contributed by atoms with Crippen LogP contribution >= 0.6 is 0 Å². The van der Waals surface area contributed by atoms with E-state index in [0.717, 1.165) is 28.0 Å². The van der Waals surface area contributed by atoms with E-state index in [4.69, 9.17) is 5.11 Å². The van der Waals surface area contributed by atoms with Crippen molar-refractivity contribution in [2.24, 2.45) is 0 Å². The van der Waals surface area contributed by atoms with E-state index >= 15 is 0 Å². The van der Waals surface area contributed by atoms with Crippen molar-refractivity contribution >= 4 is 28.4 Å². The highest BCUT2D eigenvalue weighted by Crippen LogP contribution is 2.28. The molecule has 0 saturated carbocycles. The lowest BCUT2D eigenvalue weighted by atomic mass is 10.1. The minimum Gasteiger partial charge on any atom is -0.478 e. The van der Waals surface area contributed by atoms with E-state index in [1.807, 2.05) is 40.8 Å². The highest BCUT2D eigenvalue weighted by molar-refractivity contribution is 5.88. The molecule has 30 heavy (non-hydrogen) atoms. The second-order valence-electron chi connectivity index (χ2n) is 7.00. The van der Waals surface area contributed by atoms with Crippen LogP contribution in [0.15, 0.2) is 66.9 Å². The zero-order valence-corrected chi connectivity index (χ0v) is 15.7. The van der Waals surface area contributed by atoms with E-state index in [-0.39, 0.29) is 5.56 Å². The van der Waals surface area contributed by atoms with Gasteiger partial charge in [0.05, 0.1) is 23.3 Å². The third kappa shape index (κ3) is 3.24. The maximum Gasteiger partial charge on any atom is 0.338 e. The molecule has 1 aliphatic rings. The molecular weight excluding hydrogens is 385 g/mol. The molecule has 0 bridgehead atoms. The number of hydrogen-bond acceptors (Lipinski definition) is 5. The van der Waals surface area contributed by atoms with E-state index in [1.165, 1.54) is 12.1 Å². The number of aromatic carboxylic acids is 1. The minimum atomic E-state index is -1.29. The van der Waals surface area contributed by atoms with Gasteiger partial charge < -0.3 is 5.11 Å². The number of pyridine rings is 2. The highest BCUT2D eigenvalue weighted by Gasteiger charge is 2.25. The predicted molar refractivity (Wildman–Crippen MR) is 109 cm³/mol. The number of fused-ring (bicyclic) bond motifs is 2. The Hall–Kier alpha value is -3.88. The number of quaternary nitrogens is 1. The Morgan fingerprint density at radius 3 is 2.87 bits per heavy atom. The first kappa shape index (κ1) is 18.2. The van der Waals surface area contributed by atoms with Crippen molar-refractivity contribution in [1.82, 2.24) is 15.5 Å². The molecule has 1 aliphatic heterocycles. The molecule has 4 aromatic rings. The summed E-state index contributed by atoms with van der Waals surface area (Å²) in [5.74, 6) is -1.35. The van der Waals surface area contributed by atoms with Gasteiger partial charge in [-0.15, -0.1) is 0 Å². The molecule has 0 aliphatic carbocycles. The second-order valence-corrected chi connectivity index (χ2v) is 7.00. The Balaban J connectivity index is 1.45. The molecule has 2 aromatic heterocycles. The minimum absolute atomic E-state index is 0.359. The molecule has 0 unspecified atom stereocenters. The third-order valence-corrected chi connectivity index (χ3v) is 5.04. The Morgan fingerprint density at radius 1 is 1.13 bits per heavy atom. The first-order valence-electron chi connectivity index (χ1n) is 9.33. The quantitative estimate of drug-likeness (QED) is 0.455. The number of anilines is 1. The number of carbonyl (C=O) groups is 1. The van der Waals surface area contributed by atoms with Crippen LogP contribution in [0.25, 0.3) is 22.2 Å². The average molecular weight is 402 g/mol. The number of halogens is 1. The molecular formula is C22H17FN5O2+. The second kappa shape index (κ2) is 7.18. The lowest BCUT2D eigenvalue weighted by Crippen LogP contribution is -2.87. The Bertz CT molecular complexity index is 1290. The Morgan fingerprint density at radius 2 is 2.03 bits per heavy atom. The van der Waals surface area contributed by atoms with Gasteiger partial charge in [0, 0.05) is 23.2 Å². The Labute approximate surface area is 170 Å². The third-order valence-electron chi connectivity index (χ3n) is 5.04. The number of benzene rings is 2. The molecule has 148 valence electrons. The summed E-state index contributed by atoms with van der Waals surface area (Å²) in [6.45, 7) is 0.580. The van der Waals surface area contributed by atoms with Gasteiger partial charge >= 0.3 is 5.97 Å². The number of carboxylic acids is 1. The van der Waals surface area contributed by atoms with Gasteiger partial charge in [0.25, 0.3) is 0 Å². The summed E-state index contributed by atoms with van der Waals surface area (Å²) in [5, 5.41) is 12.0. The van der Waals surface area contributed by atoms with Gasteiger partial charge in [-0.05, 0) is 42.0 Å². The molecule has 7 nitrogen and oxygen atoms in total. The summed E-state index contributed by atoms with van der Waals surface area (Å²) in [6, 6.07) is 17.7. The summed E-state index contributed by atoms with van der Waals surface area (Å²) in [4.78, 5) is 20.1. The average Bonchev–Trinajstić information content (AvgIpc) is 3.15. The lowest BCUT2D eigenvalue weighted by molar-refractivity contribution is -0.626. The van der Waals surface area contributed by atoms with Gasteiger partial charge in [-0.25, -0.2) is 24.6 Å². The van der Waals surface area contributed by atoms with Crippen LogP contribution in [0.3, 0.4) is 0 Å². The molecule has 0 radical (unpaired) electrons. The largest absolute Gasteiger partial charge is 0.478 e. The number of rotatable bonds is 4. The van der Waals surface area contributed by atoms with Crippen molar-refractivity contribution < 1.29 is 19.7 Å². The predicted octanol–water partition coefficient (Wildman–Crippen LogP) is 2.77. The first-order valence-corrected chi connectivity index (χ1v) is 9.33. The SMILES string of the molecule is O=C(O)c1ccc(-c2ccc3c(n2)N(Cc2ccc4ncccc4c2)N[NH2+]3)cc1F. The number of aromatic nitrogens is 2. The van der Waals surface area contributed by atoms with Crippen LogP contribution < -0.4 is 16.0 Å². The number of nitrogens with two attached hydrogens (primary N) is 1. The van der Waals surface area contributed by atoms with Crippen LogP contribution in [0.1, 0.15) is 15.9 Å². The molecule has 0 saturated heterocycles. The van der Waals surface area contributed by atoms with Gasteiger partial charge in [-0.3, -0.25) is 4.98 Å². The molecule has 0 atom stereocenters. The smallest absolute Gasteiger partial charge is 0.338 e. The van der Waals surface area contributed by atoms with E-state index in [9.17, 15) is 9.18 Å². The molecule has 0 amide bonds. The molecule has 0 spiro atoms. The van der Waals surface area contributed by atoms with Gasteiger partial charge in [0.1, 0.15) is 5.82 Å². The zero-order chi connectivity index (χ0) is 20.7. The van der Waals surface area contributed by atoms with Gasteiger partial charge in [0.15, 0.2) is 5.69 Å². The molecule has 2 aromatic carbocycles. The van der Waals surface area contributed by atoms with Crippen molar-refractivity contribution in [1.29, 1.82) is 0 Å². The van der Waals surface area contributed by atoms with Crippen LogP contribution in [0.4, 0.5) is 15.9 Å².